The molecule has 1 atom stereocenters. The SMILES string of the molecule is CCC(CCC(=N)N)C(=O)O. The molecule has 0 aliphatic rings. The highest BCUT2D eigenvalue weighted by Gasteiger charge is 2.14. The first-order valence-corrected chi connectivity index (χ1v) is 3.63. The van der Waals surface area contributed by atoms with Crippen LogP contribution in [0.25, 0.3) is 0 Å². The van der Waals surface area contributed by atoms with Crippen LogP contribution in [0.2, 0.25) is 0 Å². The van der Waals surface area contributed by atoms with Gasteiger partial charge in [0.25, 0.3) is 0 Å². The van der Waals surface area contributed by atoms with Crippen LogP contribution in [0.15, 0.2) is 0 Å². The Morgan fingerprint density at radius 1 is 1.73 bits per heavy atom. The average Bonchev–Trinajstić information content (AvgIpc) is 1.87. The van der Waals surface area contributed by atoms with Crippen molar-refractivity contribution in [2.45, 2.75) is 26.2 Å². The van der Waals surface area contributed by atoms with Crippen molar-refractivity contribution in [2.24, 2.45) is 11.7 Å². The van der Waals surface area contributed by atoms with Crippen LogP contribution < -0.4 is 5.73 Å². The predicted octanol–water partition coefficient (Wildman–Crippen LogP) is 0.813. The lowest BCUT2D eigenvalue weighted by Gasteiger charge is -2.07. The van der Waals surface area contributed by atoms with Crippen LogP contribution in [0, 0.1) is 11.3 Å². The highest BCUT2D eigenvalue weighted by molar-refractivity contribution is 5.78. The van der Waals surface area contributed by atoms with E-state index < -0.39 is 5.97 Å². The molecule has 1 unspecified atom stereocenters. The number of rotatable bonds is 5. The number of hydrogen-bond acceptors (Lipinski definition) is 2. The van der Waals surface area contributed by atoms with Crippen LogP contribution in [0.4, 0.5) is 0 Å². The predicted molar refractivity (Wildman–Crippen MR) is 42.6 cm³/mol. The number of carboxylic acids is 1. The molecule has 0 aliphatic carbocycles. The van der Waals surface area contributed by atoms with Gasteiger partial charge in [-0.1, -0.05) is 6.92 Å². The van der Waals surface area contributed by atoms with E-state index in [2.05, 4.69) is 0 Å². The number of hydrogen-bond donors (Lipinski definition) is 3. The topological polar surface area (TPSA) is 87.2 Å². The van der Waals surface area contributed by atoms with E-state index in [1.54, 1.807) is 0 Å². The van der Waals surface area contributed by atoms with Gasteiger partial charge in [-0.15, -0.1) is 0 Å². The van der Waals surface area contributed by atoms with E-state index in [-0.39, 0.29) is 11.8 Å². The molecule has 0 bridgehead atoms. The Labute approximate surface area is 65.9 Å². The van der Waals surface area contributed by atoms with Gasteiger partial charge in [0.05, 0.1) is 11.8 Å². The smallest absolute Gasteiger partial charge is 0.306 e. The summed E-state index contributed by atoms with van der Waals surface area (Å²) in [4.78, 5) is 10.4. The van der Waals surface area contributed by atoms with Gasteiger partial charge in [-0.3, -0.25) is 10.2 Å². The summed E-state index contributed by atoms with van der Waals surface area (Å²) in [6.07, 6.45) is 1.45. The molecule has 0 aromatic carbocycles. The number of carboxylic acid groups (broad SMARTS) is 1. The average molecular weight is 158 g/mol. The summed E-state index contributed by atoms with van der Waals surface area (Å²) in [5.41, 5.74) is 5.09. The Morgan fingerprint density at radius 3 is 2.55 bits per heavy atom. The maximum absolute atomic E-state index is 10.4. The molecule has 11 heavy (non-hydrogen) atoms. The number of nitrogens with one attached hydrogen (secondary N) is 1. The first-order valence-electron chi connectivity index (χ1n) is 3.63. The fraction of sp³-hybridized carbons (Fsp3) is 0.714. The standard InChI is InChI=1S/C7H14N2O2/c1-2-5(7(10)11)3-4-6(8)9/h5H,2-4H2,1H3,(H3,8,9)(H,10,11). The molecule has 4 N–H and O–H groups in total. The molecule has 0 heterocycles. The van der Waals surface area contributed by atoms with Gasteiger partial charge in [-0.05, 0) is 12.8 Å². The molecule has 0 rings (SSSR count). The van der Waals surface area contributed by atoms with Crippen LogP contribution in [-0.4, -0.2) is 16.9 Å². The van der Waals surface area contributed by atoms with Crippen LogP contribution in [0.3, 0.4) is 0 Å². The Balaban J connectivity index is 3.70. The minimum atomic E-state index is -0.797. The first kappa shape index (κ1) is 9.94. The molecule has 0 aliphatic heterocycles. The van der Waals surface area contributed by atoms with Crippen molar-refractivity contribution < 1.29 is 9.90 Å². The van der Waals surface area contributed by atoms with Gasteiger partial charge >= 0.3 is 5.97 Å². The summed E-state index contributed by atoms with van der Waals surface area (Å²) in [6, 6.07) is 0. The highest BCUT2D eigenvalue weighted by atomic mass is 16.4. The monoisotopic (exact) mass is 158 g/mol. The largest absolute Gasteiger partial charge is 0.481 e. The molecule has 0 spiro atoms. The molecular formula is C7H14N2O2. The summed E-state index contributed by atoms with van der Waals surface area (Å²) in [5.74, 6) is -1.09. The maximum Gasteiger partial charge on any atom is 0.306 e. The minimum absolute atomic E-state index is 0.0599. The number of nitrogens with two attached hydrogens (primary N) is 1. The van der Waals surface area contributed by atoms with Gasteiger partial charge in [0.2, 0.25) is 0 Å². The third-order valence-electron chi connectivity index (χ3n) is 1.60. The molecule has 0 aromatic heterocycles. The van der Waals surface area contributed by atoms with Gasteiger partial charge in [0.1, 0.15) is 0 Å². The molecule has 0 amide bonds. The molecular weight excluding hydrogens is 144 g/mol. The lowest BCUT2D eigenvalue weighted by Crippen LogP contribution is -2.17. The van der Waals surface area contributed by atoms with E-state index in [1.165, 1.54) is 0 Å². The van der Waals surface area contributed by atoms with Crippen molar-refractivity contribution in [1.29, 1.82) is 5.41 Å². The summed E-state index contributed by atoms with van der Waals surface area (Å²) in [7, 11) is 0. The van der Waals surface area contributed by atoms with E-state index in [0.29, 0.717) is 19.3 Å². The molecule has 0 saturated heterocycles. The third kappa shape index (κ3) is 4.36. The van der Waals surface area contributed by atoms with Gasteiger partial charge in [-0.25, -0.2) is 0 Å². The van der Waals surface area contributed by atoms with E-state index in [4.69, 9.17) is 16.2 Å². The Bertz CT molecular complexity index is 157. The van der Waals surface area contributed by atoms with Gasteiger partial charge < -0.3 is 10.8 Å². The molecule has 0 radical (unpaired) electrons. The summed E-state index contributed by atoms with van der Waals surface area (Å²) in [5, 5.41) is 15.5. The molecule has 0 fully saturated rings. The fourth-order valence-electron chi connectivity index (χ4n) is 0.832. The Morgan fingerprint density at radius 2 is 2.27 bits per heavy atom. The zero-order chi connectivity index (χ0) is 8.85. The second-order valence-electron chi connectivity index (χ2n) is 2.51. The number of carbonyl (C=O) groups is 1. The van der Waals surface area contributed by atoms with Crippen molar-refractivity contribution >= 4 is 11.8 Å². The second-order valence-corrected chi connectivity index (χ2v) is 2.51. The van der Waals surface area contributed by atoms with E-state index in [0.717, 1.165) is 0 Å². The van der Waals surface area contributed by atoms with Crippen molar-refractivity contribution in [1.82, 2.24) is 0 Å². The quantitative estimate of drug-likeness (QED) is 0.408. The summed E-state index contributed by atoms with van der Waals surface area (Å²) >= 11 is 0. The molecule has 0 aromatic rings. The summed E-state index contributed by atoms with van der Waals surface area (Å²) < 4.78 is 0. The highest BCUT2D eigenvalue weighted by Crippen LogP contribution is 2.10. The van der Waals surface area contributed by atoms with Gasteiger partial charge in [-0.2, -0.15) is 0 Å². The van der Waals surface area contributed by atoms with Crippen molar-refractivity contribution in [3.05, 3.63) is 0 Å². The van der Waals surface area contributed by atoms with Crippen LogP contribution in [-0.2, 0) is 4.79 Å². The molecule has 4 heteroatoms. The second kappa shape index (κ2) is 4.71. The number of amidine groups is 1. The van der Waals surface area contributed by atoms with Crippen molar-refractivity contribution in [3.8, 4) is 0 Å². The van der Waals surface area contributed by atoms with Crippen molar-refractivity contribution in [3.63, 3.8) is 0 Å². The van der Waals surface area contributed by atoms with E-state index >= 15 is 0 Å². The Kier molecular flexibility index (Phi) is 4.26. The minimum Gasteiger partial charge on any atom is -0.481 e. The fourth-order valence-corrected chi connectivity index (χ4v) is 0.832. The lowest BCUT2D eigenvalue weighted by molar-refractivity contribution is -0.141. The third-order valence-corrected chi connectivity index (χ3v) is 1.60. The van der Waals surface area contributed by atoms with Crippen molar-refractivity contribution in [2.75, 3.05) is 0 Å². The zero-order valence-corrected chi connectivity index (χ0v) is 6.63. The Hall–Kier alpha value is -1.06. The summed E-state index contributed by atoms with van der Waals surface area (Å²) in [6.45, 7) is 1.82. The maximum atomic E-state index is 10.4. The van der Waals surface area contributed by atoms with Gasteiger partial charge in [0, 0.05) is 6.42 Å². The number of aliphatic carboxylic acids is 1. The normalized spacial score (nSPS) is 12.5. The van der Waals surface area contributed by atoms with E-state index in [1.807, 2.05) is 6.92 Å². The zero-order valence-electron chi connectivity index (χ0n) is 6.63. The first-order chi connectivity index (χ1) is 5.07. The van der Waals surface area contributed by atoms with Crippen LogP contribution in [0.5, 0.6) is 0 Å². The molecule has 64 valence electrons. The van der Waals surface area contributed by atoms with E-state index in [9.17, 15) is 4.79 Å². The molecule has 4 nitrogen and oxygen atoms in total. The van der Waals surface area contributed by atoms with Gasteiger partial charge in [0.15, 0.2) is 0 Å². The lowest BCUT2D eigenvalue weighted by atomic mass is 10.0. The van der Waals surface area contributed by atoms with Crippen LogP contribution in [0.1, 0.15) is 26.2 Å². The van der Waals surface area contributed by atoms with Crippen LogP contribution >= 0.6 is 0 Å². The molecule has 0 saturated carbocycles.